The van der Waals surface area contributed by atoms with Gasteiger partial charge in [-0.15, -0.1) is 0 Å². The van der Waals surface area contributed by atoms with E-state index in [0.717, 1.165) is 12.1 Å². The molecule has 1 fully saturated rings. The van der Waals surface area contributed by atoms with E-state index in [9.17, 15) is 13.6 Å². The number of hydrogen-bond donors (Lipinski definition) is 2. The Balaban J connectivity index is 1.35. The molecule has 0 saturated heterocycles. The first-order chi connectivity index (χ1) is 12.9. The highest BCUT2D eigenvalue weighted by atomic mass is 19.2. The lowest BCUT2D eigenvalue weighted by atomic mass is 9.89. The molecule has 0 bridgehead atoms. The van der Waals surface area contributed by atoms with Gasteiger partial charge in [0, 0.05) is 32.0 Å². The van der Waals surface area contributed by atoms with E-state index in [1.54, 1.807) is 18.0 Å². The minimum atomic E-state index is -0.922. The van der Waals surface area contributed by atoms with Crippen LogP contribution >= 0.6 is 0 Å². The summed E-state index contributed by atoms with van der Waals surface area (Å²) in [5.74, 6) is -0.460. The van der Waals surface area contributed by atoms with E-state index < -0.39 is 11.6 Å². The van der Waals surface area contributed by atoms with E-state index in [0.29, 0.717) is 36.0 Å². The van der Waals surface area contributed by atoms with Gasteiger partial charge in [0.2, 0.25) is 11.9 Å². The zero-order valence-electron chi connectivity index (χ0n) is 14.9. The average molecular weight is 375 g/mol. The fraction of sp³-hybridized carbons (Fsp3) is 0.389. The molecule has 1 aliphatic heterocycles. The molecule has 4 rings (SSSR count). The second-order valence-corrected chi connectivity index (χ2v) is 6.84. The van der Waals surface area contributed by atoms with Gasteiger partial charge in [-0.25, -0.2) is 13.8 Å². The lowest BCUT2D eigenvalue weighted by Crippen LogP contribution is -2.45. The van der Waals surface area contributed by atoms with Crippen LogP contribution in [0.2, 0.25) is 0 Å². The van der Waals surface area contributed by atoms with Crippen molar-refractivity contribution in [2.45, 2.75) is 38.0 Å². The van der Waals surface area contributed by atoms with Gasteiger partial charge in [0.25, 0.3) is 0 Å². The number of ether oxygens (including phenoxy) is 1. The first kappa shape index (κ1) is 17.4. The monoisotopic (exact) mass is 375 g/mol. The van der Waals surface area contributed by atoms with Crippen molar-refractivity contribution in [3.8, 4) is 5.75 Å². The number of likely N-dealkylation sites (N-methyl/N-ethyl adjacent to an activating group) is 1. The van der Waals surface area contributed by atoms with Gasteiger partial charge >= 0.3 is 0 Å². The molecular formula is C18H19F2N5O2. The molecule has 0 radical (unpaired) electrons. The summed E-state index contributed by atoms with van der Waals surface area (Å²) < 4.78 is 31.8. The van der Waals surface area contributed by atoms with E-state index in [2.05, 4.69) is 20.6 Å². The summed E-state index contributed by atoms with van der Waals surface area (Å²) in [4.78, 5) is 22.4. The smallest absolute Gasteiger partial charge is 0.246 e. The summed E-state index contributed by atoms with van der Waals surface area (Å²) in [6.07, 6.45) is 2.90. The molecule has 2 aliphatic rings. The second-order valence-electron chi connectivity index (χ2n) is 6.84. The number of carbonyl (C=O) groups excluding carboxylic acids is 1. The summed E-state index contributed by atoms with van der Waals surface area (Å²) in [6.45, 7) is 1.81. The molecule has 0 unspecified atom stereocenters. The van der Waals surface area contributed by atoms with Crippen LogP contribution in [0.1, 0.15) is 19.8 Å². The van der Waals surface area contributed by atoms with Gasteiger partial charge in [0.1, 0.15) is 23.6 Å². The van der Waals surface area contributed by atoms with Crippen molar-refractivity contribution in [2.75, 3.05) is 22.6 Å². The normalized spacial score (nSPS) is 23.9. The molecular weight excluding hydrogens is 356 g/mol. The number of nitrogens with one attached hydrogen (secondary N) is 2. The van der Waals surface area contributed by atoms with Gasteiger partial charge in [-0.2, -0.15) is 4.98 Å². The SMILES string of the molecule is C[C@H]1C(=O)Nc2cnc(NC3CC(Oc4ccc(F)c(F)c4)C3)nc2N1C. The first-order valence-electron chi connectivity index (χ1n) is 8.69. The highest BCUT2D eigenvalue weighted by Crippen LogP contribution is 2.31. The number of fused-ring (bicyclic) bond motifs is 1. The Morgan fingerprint density at radius 3 is 2.81 bits per heavy atom. The molecule has 1 aromatic carbocycles. The number of anilines is 3. The van der Waals surface area contributed by atoms with E-state index in [4.69, 9.17) is 4.74 Å². The molecule has 7 nitrogen and oxygen atoms in total. The molecule has 0 spiro atoms. The number of nitrogens with zero attached hydrogens (tertiary/aromatic N) is 3. The molecule has 1 aliphatic carbocycles. The lowest BCUT2D eigenvalue weighted by molar-refractivity contribution is -0.117. The lowest BCUT2D eigenvalue weighted by Gasteiger charge is -2.36. The highest BCUT2D eigenvalue weighted by molar-refractivity contribution is 6.02. The van der Waals surface area contributed by atoms with E-state index in [-0.39, 0.29) is 24.1 Å². The summed E-state index contributed by atoms with van der Waals surface area (Å²) in [5, 5.41) is 6.02. The van der Waals surface area contributed by atoms with Gasteiger partial charge in [0.05, 0.1) is 6.20 Å². The third-order valence-corrected chi connectivity index (χ3v) is 4.94. The van der Waals surface area contributed by atoms with Crippen LogP contribution in [0.25, 0.3) is 0 Å². The third-order valence-electron chi connectivity index (χ3n) is 4.94. The van der Waals surface area contributed by atoms with E-state index in [1.165, 1.54) is 6.07 Å². The second kappa shape index (κ2) is 6.64. The van der Waals surface area contributed by atoms with Crippen molar-refractivity contribution in [3.63, 3.8) is 0 Å². The van der Waals surface area contributed by atoms with Crippen molar-refractivity contribution in [3.05, 3.63) is 36.0 Å². The maximum absolute atomic E-state index is 13.2. The molecule has 2 aromatic rings. The zero-order valence-corrected chi connectivity index (χ0v) is 14.9. The zero-order chi connectivity index (χ0) is 19.1. The Hall–Kier alpha value is -2.97. The Labute approximate surface area is 154 Å². The minimum Gasteiger partial charge on any atom is -0.490 e. The number of amides is 1. The summed E-state index contributed by atoms with van der Waals surface area (Å²) >= 11 is 0. The van der Waals surface area contributed by atoms with Crippen LogP contribution in [-0.4, -0.2) is 41.1 Å². The van der Waals surface area contributed by atoms with Gasteiger partial charge < -0.3 is 20.3 Å². The predicted molar refractivity (Wildman–Crippen MR) is 95.9 cm³/mol. The molecule has 9 heteroatoms. The Bertz CT molecular complexity index is 888. The highest BCUT2D eigenvalue weighted by Gasteiger charge is 2.33. The molecule has 1 saturated carbocycles. The maximum atomic E-state index is 13.2. The van der Waals surface area contributed by atoms with Gasteiger partial charge in [-0.3, -0.25) is 4.79 Å². The van der Waals surface area contributed by atoms with Crippen molar-refractivity contribution < 1.29 is 18.3 Å². The van der Waals surface area contributed by atoms with Crippen LogP contribution in [-0.2, 0) is 4.79 Å². The third kappa shape index (κ3) is 3.36. The Morgan fingerprint density at radius 1 is 1.30 bits per heavy atom. The average Bonchev–Trinajstić information content (AvgIpc) is 2.61. The number of rotatable bonds is 4. The predicted octanol–water partition coefficient (Wildman–Crippen LogP) is 2.55. The number of halogens is 2. The molecule has 2 N–H and O–H groups in total. The summed E-state index contributed by atoms with van der Waals surface area (Å²) in [6, 6.07) is 3.33. The topological polar surface area (TPSA) is 79.4 Å². The van der Waals surface area contributed by atoms with Crippen LogP contribution in [0, 0.1) is 11.6 Å². The van der Waals surface area contributed by atoms with Crippen molar-refractivity contribution in [1.29, 1.82) is 0 Å². The number of hydrogen-bond acceptors (Lipinski definition) is 6. The van der Waals surface area contributed by atoms with Crippen molar-refractivity contribution in [1.82, 2.24) is 9.97 Å². The minimum absolute atomic E-state index is 0.0769. The first-order valence-corrected chi connectivity index (χ1v) is 8.69. The largest absolute Gasteiger partial charge is 0.490 e. The van der Waals surface area contributed by atoms with Crippen molar-refractivity contribution in [2.24, 2.45) is 0 Å². The summed E-state index contributed by atoms with van der Waals surface area (Å²) in [7, 11) is 1.81. The van der Waals surface area contributed by atoms with Gasteiger partial charge in [-0.05, 0) is 19.1 Å². The maximum Gasteiger partial charge on any atom is 0.246 e. The van der Waals surface area contributed by atoms with E-state index in [1.807, 2.05) is 7.05 Å². The number of benzene rings is 1. The summed E-state index contributed by atoms with van der Waals surface area (Å²) in [5.41, 5.74) is 0.583. The van der Waals surface area contributed by atoms with Crippen LogP contribution < -0.4 is 20.3 Å². The molecule has 1 aromatic heterocycles. The van der Waals surface area contributed by atoms with E-state index >= 15 is 0 Å². The standard InChI is InChI=1S/C18H19F2N5O2/c1-9-17(26)23-15-8-21-18(24-16(15)25(9)2)22-10-5-12(6-10)27-11-3-4-13(19)14(20)7-11/h3-4,7-10,12H,5-6H2,1-2H3,(H,23,26)(H,21,22,24)/t9-,10?,12?/m0/s1. The molecule has 1 amide bonds. The van der Waals surface area contributed by atoms with Gasteiger partial charge in [-0.1, -0.05) is 0 Å². The fourth-order valence-corrected chi connectivity index (χ4v) is 3.10. The number of carbonyl (C=O) groups is 1. The van der Waals surface area contributed by atoms with Gasteiger partial charge in [0.15, 0.2) is 17.5 Å². The van der Waals surface area contributed by atoms with Crippen molar-refractivity contribution >= 4 is 23.4 Å². The van der Waals surface area contributed by atoms with Crippen LogP contribution in [0.15, 0.2) is 24.4 Å². The fourth-order valence-electron chi connectivity index (χ4n) is 3.10. The molecule has 142 valence electrons. The van der Waals surface area contributed by atoms with Crippen LogP contribution in [0.3, 0.4) is 0 Å². The molecule has 27 heavy (non-hydrogen) atoms. The number of aromatic nitrogens is 2. The van der Waals surface area contributed by atoms with Crippen LogP contribution in [0.4, 0.5) is 26.2 Å². The Kier molecular flexibility index (Phi) is 4.29. The molecule has 2 heterocycles. The quantitative estimate of drug-likeness (QED) is 0.855. The molecule has 1 atom stereocenters. The van der Waals surface area contributed by atoms with Crippen LogP contribution in [0.5, 0.6) is 5.75 Å². The Morgan fingerprint density at radius 2 is 2.07 bits per heavy atom.